The quantitative estimate of drug-likeness (QED) is 0.598. The zero-order valence-corrected chi connectivity index (χ0v) is 19.1. The van der Waals surface area contributed by atoms with Gasteiger partial charge in [0.2, 0.25) is 0 Å². The van der Waals surface area contributed by atoms with Gasteiger partial charge in [-0.05, 0) is 78.0 Å². The fourth-order valence-corrected chi connectivity index (χ4v) is 2.81. The number of ether oxygens (including phenoxy) is 2. The summed E-state index contributed by atoms with van der Waals surface area (Å²) in [6, 6.07) is 6.84. The number of esters is 1. The second kappa shape index (κ2) is 10.3. The highest BCUT2D eigenvalue weighted by Gasteiger charge is 2.30. The summed E-state index contributed by atoms with van der Waals surface area (Å²) in [7, 11) is 0. The zero-order valence-electron chi connectivity index (χ0n) is 17.5. The molecule has 0 aromatic heterocycles. The summed E-state index contributed by atoms with van der Waals surface area (Å²) in [4.78, 5) is 24.8. The Kier molecular flexibility index (Phi) is 8.95. The standard InChI is InChI=1S/C21H32BrNO5/c1-20(2,3)27-18(25)17(23-19(26)28-21(4,5)6)12-15(13-24)11-14-7-9-16(22)10-8-14/h7-10,15,17,24H,11-13H2,1-6H3,(H,23,26)/t15-,17-/m0/s1. The van der Waals surface area contributed by atoms with Crippen LogP contribution in [0.15, 0.2) is 28.7 Å². The topological polar surface area (TPSA) is 84.9 Å². The van der Waals surface area contributed by atoms with Gasteiger partial charge in [-0.2, -0.15) is 0 Å². The number of carbonyl (C=O) groups is 2. The number of amides is 1. The number of aliphatic hydroxyl groups is 1. The van der Waals surface area contributed by atoms with Gasteiger partial charge in [-0.1, -0.05) is 28.1 Å². The normalized spacial score (nSPS) is 14.1. The summed E-state index contributed by atoms with van der Waals surface area (Å²) >= 11 is 3.39. The molecule has 0 spiro atoms. The lowest BCUT2D eigenvalue weighted by molar-refractivity contribution is -0.158. The second-order valence-corrected chi connectivity index (χ2v) is 9.76. The van der Waals surface area contributed by atoms with Gasteiger partial charge in [-0.15, -0.1) is 0 Å². The fraction of sp³-hybridized carbons (Fsp3) is 0.619. The van der Waals surface area contributed by atoms with Crippen molar-refractivity contribution in [1.29, 1.82) is 0 Å². The smallest absolute Gasteiger partial charge is 0.408 e. The molecule has 158 valence electrons. The number of rotatable bonds is 7. The van der Waals surface area contributed by atoms with E-state index < -0.39 is 29.3 Å². The number of benzene rings is 1. The van der Waals surface area contributed by atoms with Crippen LogP contribution >= 0.6 is 15.9 Å². The molecule has 1 amide bonds. The third-order valence-corrected chi connectivity index (χ3v) is 4.18. The minimum atomic E-state index is -0.915. The van der Waals surface area contributed by atoms with Crippen molar-refractivity contribution in [2.45, 2.75) is 71.6 Å². The molecule has 0 saturated carbocycles. The van der Waals surface area contributed by atoms with Gasteiger partial charge >= 0.3 is 12.1 Å². The maximum atomic E-state index is 12.6. The van der Waals surface area contributed by atoms with Crippen molar-refractivity contribution in [3.05, 3.63) is 34.3 Å². The van der Waals surface area contributed by atoms with Crippen LogP contribution in [0.5, 0.6) is 0 Å². The van der Waals surface area contributed by atoms with Gasteiger partial charge in [0, 0.05) is 11.1 Å². The molecule has 0 fully saturated rings. The first kappa shape index (κ1) is 24.4. The van der Waals surface area contributed by atoms with Crippen LogP contribution in [-0.4, -0.2) is 41.0 Å². The lowest BCUT2D eigenvalue weighted by atomic mass is 9.93. The molecule has 0 saturated heterocycles. The van der Waals surface area contributed by atoms with Gasteiger partial charge in [-0.25, -0.2) is 9.59 Å². The van der Waals surface area contributed by atoms with E-state index in [1.807, 2.05) is 24.3 Å². The highest BCUT2D eigenvalue weighted by molar-refractivity contribution is 9.10. The number of carbonyl (C=O) groups excluding carboxylic acids is 2. The summed E-state index contributed by atoms with van der Waals surface area (Å²) in [5, 5.41) is 12.4. The number of nitrogens with one attached hydrogen (secondary N) is 1. The number of hydrogen-bond donors (Lipinski definition) is 2. The Morgan fingerprint density at radius 1 is 1.04 bits per heavy atom. The van der Waals surface area contributed by atoms with Gasteiger partial charge in [0.05, 0.1) is 0 Å². The molecule has 2 atom stereocenters. The molecular weight excluding hydrogens is 426 g/mol. The Bertz CT molecular complexity index is 646. The predicted molar refractivity (Wildman–Crippen MR) is 112 cm³/mol. The fourth-order valence-electron chi connectivity index (χ4n) is 2.55. The summed E-state index contributed by atoms with van der Waals surface area (Å²) in [5.41, 5.74) is -0.343. The minimum absolute atomic E-state index is 0.120. The molecule has 1 rings (SSSR count). The Morgan fingerprint density at radius 3 is 2.04 bits per heavy atom. The Labute approximate surface area is 176 Å². The van der Waals surface area contributed by atoms with Crippen LogP contribution in [0.4, 0.5) is 4.79 Å². The second-order valence-electron chi connectivity index (χ2n) is 8.85. The molecule has 1 aromatic carbocycles. The molecule has 28 heavy (non-hydrogen) atoms. The van der Waals surface area contributed by atoms with Crippen molar-refractivity contribution < 1.29 is 24.2 Å². The van der Waals surface area contributed by atoms with E-state index in [1.54, 1.807) is 41.5 Å². The van der Waals surface area contributed by atoms with Crippen LogP contribution in [0.2, 0.25) is 0 Å². The van der Waals surface area contributed by atoms with Gasteiger partial charge in [-0.3, -0.25) is 0 Å². The molecule has 0 heterocycles. The molecule has 0 radical (unpaired) electrons. The largest absolute Gasteiger partial charge is 0.458 e. The molecular formula is C21H32BrNO5. The van der Waals surface area contributed by atoms with Crippen molar-refractivity contribution in [2.75, 3.05) is 6.61 Å². The summed E-state index contributed by atoms with van der Waals surface area (Å²) in [6.45, 7) is 10.4. The molecule has 7 heteroatoms. The third-order valence-electron chi connectivity index (χ3n) is 3.65. The molecule has 0 unspecified atom stereocenters. The highest BCUT2D eigenvalue weighted by Crippen LogP contribution is 2.19. The summed E-state index contributed by atoms with van der Waals surface area (Å²) < 4.78 is 11.7. The van der Waals surface area contributed by atoms with Gasteiger partial charge < -0.3 is 19.9 Å². The van der Waals surface area contributed by atoms with E-state index in [2.05, 4.69) is 21.2 Å². The monoisotopic (exact) mass is 457 g/mol. The molecule has 2 N–H and O–H groups in total. The summed E-state index contributed by atoms with van der Waals surface area (Å²) in [5.74, 6) is -0.777. The maximum absolute atomic E-state index is 12.6. The molecule has 0 aliphatic rings. The van der Waals surface area contributed by atoms with E-state index in [1.165, 1.54) is 0 Å². The van der Waals surface area contributed by atoms with Crippen LogP contribution in [0.25, 0.3) is 0 Å². The first-order valence-electron chi connectivity index (χ1n) is 9.37. The average molecular weight is 458 g/mol. The molecule has 1 aromatic rings. The zero-order chi connectivity index (χ0) is 21.5. The number of hydrogen-bond acceptors (Lipinski definition) is 5. The van der Waals surface area contributed by atoms with Crippen molar-refractivity contribution in [3.63, 3.8) is 0 Å². The molecule has 0 bridgehead atoms. The lowest BCUT2D eigenvalue weighted by Gasteiger charge is -2.28. The molecule has 6 nitrogen and oxygen atoms in total. The van der Waals surface area contributed by atoms with Crippen LogP contribution in [0.1, 0.15) is 53.5 Å². The van der Waals surface area contributed by atoms with E-state index in [0.717, 1.165) is 10.0 Å². The number of halogens is 1. The Hall–Kier alpha value is -1.60. The molecule has 0 aliphatic heterocycles. The SMILES string of the molecule is CC(C)(C)OC(=O)N[C@@H](C[C@@H](CO)Cc1ccc(Br)cc1)C(=O)OC(C)(C)C. The van der Waals surface area contributed by atoms with Gasteiger partial charge in [0.25, 0.3) is 0 Å². The van der Waals surface area contributed by atoms with Crippen LogP contribution in [-0.2, 0) is 20.7 Å². The van der Waals surface area contributed by atoms with Crippen molar-refractivity contribution in [3.8, 4) is 0 Å². The average Bonchev–Trinajstić information content (AvgIpc) is 2.52. The van der Waals surface area contributed by atoms with E-state index in [0.29, 0.717) is 6.42 Å². The van der Waals surface area contributed by atoms with Crippen LogP contribution < -0.4 is 5.32 Å². The first-order chi connectivity index (χ1) is 12.8. The van der Waals surface area contributed by atoms with Crippen LogP contribution in [0.3, 0.4) is 0 Å². The summed E-state index contributed by atoms with van der Waals surface area (Å²) in [6.07, 6.45) is 0.114. The van der Waals surface area contributed by atoms with Crippen molar-refractivity contribution in [2.24, 2.45) is 5.92 Å². The third kappa shape index (κ3) is 10.1. The Balaban J connectivity index is 2.89. The Morgan fingerprint density at radius 2 is 1.57 bits per heavy atom. The maximum Gasteiger partial charge on any atom is 0.408 e. The molecule has 0 aliphatic carbocycles. The van der Waals surface area contributed by atoms with E-state index in [9.17, 15) is 14.7 Å². The van der Waals surface area contributed by atoms with Crippen LogP contribution in [0, 0.1) is 5.92 Å². The highest BCUT2D eigenvalue weighted by atomic mass is 79.9. The minimum Gasteiger partial charge on any atom is -0.458 e. The first-order valence-corrected chi connectivity index (χ1v) is 10.2. The van der Waals surface area contributed by atoms with E-state index in [-0.39, 0.29) is 18.9 Å². The van der Waals surface area contributed by atoms with Gasteiger partial charge in [0.15, 0.2) is 0 Å². The predicted octanol–water partition coefficient (Wildman–Crippen LogP) is 4.23. The van der Waals surface area contributed by atoms with Crippen molar-refractivity contribution >= 4 is 28.0 Å². The van der Waals surface area contributed by atoms with E-state index >= 15 is 0 Å². The lowest BCUT2D eigenvalue weighted by Crippen LogP contribution is -2.47. The van der Waals surface area contributed by atoms with Crippen molar-refractivity contribution in [1.82, 2.24) is 5.32 Å². The van der Waals surface area contributed by atoms with E-state index in [4.69, 9.17) is 9.47 Å². The number of alkyl carbamates (subject to hydrolysis) is 1. The van der Waals surface area contributed by atoms with Gasteiger partial charge in [0.1, 0.15) is 17.2 Å². The number of aliphatic hydroxyl groups excluding tert-OH is 1.